The fraction of sp³-hybridized carbons (Fsp3) is 0.727. The number of carbonyl (C=O) groups excluding carboxylic acids is 4. The third kappa shape index (κ3) is 1.89. The fourth-order valence-corrected chi connectivity index (χ4v) is 7.88. The molecule has 4 saturated carbocycles. The lowest BCUT2D eigenvalue weighted by atomic mass is 9.37. The van der Waals surface area contributed by atoms with Crippen LogP contribution >= 0.6 is 0 Å². The maximum atomic E-state index is 13.5. The van der Waals surface area contributed by atoms with Crippen LogP contribution in [-0.2, 0) is 28.7 Å². The van der Waals surface area contributed by atoms with Crippen molar-refractivity contribution in [3.8, 4) is 0 Å². The lowest BCUT2D eigenvalue weighted by Crippen LogP contribution is -2.77. The van der Waals surface area contributed by atoms with Crippen molar-refractivity contribution in [3.05, 3.63) is 12.2 Å². The van der Waals surface area contributed by atoms with Gasteiger partial charge in [-0.1, -0.05) is 19.9 Å². The zero-order valence-electron chi connectivity index (χ0n) is 16.7. The van der Waals surface area contributed by atoms with Crippen LogP contribution in [0.3, 0.4) is 0 Å². The first-order valence-electron chi connectivity index (χ1n) is 10.4. The van der Waals surface area contributed by atoms with Crippen molar-refractivity contribution >= 4 is 24.0 Å². The Morgan fingerprint density at radius 2 is 2.03 bits per heavy atom. The number of fused-ring (bicyclic) bond motifs is 2. The van der Waals surface area contributed by atoms with Crippen molar-refractivity contribution in [2.24, 2.45) is 34.0 Å². The summed E-state index contributed by atoms with van der Waals surface area (Å²) in [5.74, 6) is -2.72. The van der Waals surface area contributed by atoms with E-state index in [2.05, 4.69) is 6.58 Å². The minimum Gasteiger partial charge on any atom is -0.462 e. The minimum absolute atomic E-state index is 0.254. The van der Waals surface area contributed by atoms with Crippen molar-refractivity contribution in [3.63, 3.8) is 0 Å². The number of aliphatic hydroxyl groups is 1. The van der Waals surface area contributed by atoms with Crippen molar-refractivity contribution in [2.75, 3.05) is 0 Å². The number of hydrogen-bond acceptors (Lipinski definition) is 7. The highest BCUT2D eigenvalue weighted by atomic mass is 16.6. The standard InChI is InChI=1S/C22H26O7/c1-10-12-7-13(28-11(2)24)16-21-6-4-5-20(3,9-23)14(21)8-15(29-19(21)27)22(16,17(10)25)18(12)26/h9,12-16,18,26H,1,4-8H2,2-3H3/t12-,13-,14+,15-,16-,18+,20-,21-,22?/m0/s1. The Bertz CT molecular complexity index is 863. The number of Topliss-reactive ketones (excluding diaryl/α,β-unsaturated/α-hetero) is 1. The smallest absolute Gasteiger partial charge is 0.313 e. The highest BCUT2D eigenvalue weighted by Crippen LogP contribution is 2.74. The highest BCUT2D eigenvalue weighted by molar-refractivity contribution is 6.06. The van der Waals surface area contributed by atoms with Gasteiger partial charge in [-0.05, 0) is 37.2 Å². The lowest BCUT2D eigenvalue weighted by molar-refractivity contribution is -0.296. The molecule has 4 aliphatic carbocycles. The van der Waals surface area contributed by atoms with E-state index in [1.807, 2.05) is 6.92 Å². The van der Waals surface area contributed by atoms with Gasteiger partial charge in [-0.3, -0.25) is 14.4 Å². The van der Waals surface area contributed by atoms with Crippen LogP contribution in [0.5, 0.6) is 0 Å². The van der Waals surface area contributed by atoms with E-state index in [0.717, 1.165) is 6.29 Å². The predicted molar refractivity (Wildman–Crippen MR) is 98.2 cm³/mol. The molecular formula is C22H26O7. The minimum atomic E-state index is -1.34. The summed E-state index contributed by atoms with van der Waals surface area (Å²) in [7, 11) is 0. The molecule has 156 valence electrons. The van der Waals surface area contributed by atoms with Gasteiger partial charge in [-0.15, -0.1) is 0 Å². The molecule has 1 unspecified atom stereocenters. The van der Waals surface area contributed by atoms with Gasteiger partial charge in [0.1, 0.15) is 23.9 Å². The summed E-state index contributed by atoms with van der Waals surface area (Å²) < 4.78 is 11.5. The fourth-order valence-electron chi connectivity index (χ4n) is 7.88. The Labute approximate surface area is 168 Å². The Morgan fingerprint density at radius 1 is 1.31 bits per heavy atom. The summed E-state index contributed by atoms with van der Waals surface area (Å²) in [4.78, 5) is 50.9. The number of ketones is 1. The maximum Gasteiger partial charge on any atom is 0.313 e. The number of hydrogen-bond donors (Lipinski definition) is 1. The van der Waals surface area contributed by atoms with Crippen molar-refractivity contribution in [1.29, 1.82) is 0 Å². The zero-order chi connectivity index (χ0) is 20.9. The van der Waals surface area contributed by atoms with E-state index in [9.17, 15) is 24.3 Å². The summed E-state index contributed by atoms with van der Waals surface area (Å²) in [5.41, 5.74) is -2.87. The SMILES string of the molecule is C=C1C(=O)C23[C@@H]4C[C@H]5[C@](CCC[C@@]5(C)C=O)(C(=O)O4)[C@@H]2[C@@H](OC(C)=O)C[C@@H]1[C@H]3O. The predicted octanol–water partition coefficient (Wildman–Crippen LogP) is 1.36. The van der Waals surface area contributed by atoms with E-state index >= 15 is 0 Å². The molecule has 6 fully saturated rings. The summed E-state index contributed by atoms with van der Waals surface area (Å²) in [6, 6.07) is 0. The number of ether oxygens (including phenoxy) is 2. The molecule has 6 aliphatic rings. The molecule has 2 spiro atoms. The van der Waals surface area contributed by atoms with Crippen LogP contribution in [0.4, 0.5) is 0 Å². The molecule has 1 N–H and O–H groups in total. The molecular weight excluding hydrogens is 376 g/mol. The zero-order valence-corrected chi connectivity index (χ0v) is 16.7. The molecule has 0 aromatic heterocycles. The third-order valence-corrected chi connectivity index (χ3v) is 8.85. The van der Waals surface area contributed by atoms with Crippen LogP contribution in [0.2, 0.25) is 0 Å². The normalized spacial score (nSPS) is 52.4. The molecule has 7 heteroatoms. The number of esters is 2. The quantitative estimate of drug-likeness (QED) is 0.422. The van der Waals surface area contributed by atoms with E-state index in [1.165, 1.54) is 6.92 Å². The van der Waals surface area contributed by atoms with Crippen LogP contribution < -0.4 is 0 Å². The van der Waals surface area contributed by atoms with E-state index in [1.54, 1.807) is 0 Å². The van der Waals surface area contributed by atoms with Gasteiger partial charge in [0.15, 0.2) is 5.78 Å². The lowest BCUT2D eigenvalue weighted by Gasteiger charge is -2.68. The molecule has 29 heavy (non-hydrogen) atoms. The highest BCUT2D eigenvalue weighted by Gasteiger charge is 2.83. The molecule has 6 rings (SSSR count). The van der Waals surface area contributed by atoms with Gasteiger partial charge in [-0.2, -0.15) is 0 Å². The summed E-state index contributed by atoms with van der Waals surface area (Å²) in [5, 5.41) is 11.3. The van der Waals surface area contributed by atoms with Gasteiger partial charge in [0.2, 0.25) is 0 Å². The van der Waals surface area contributed by atoms with Crippen LogP contribution in [0, 0.1) is 34.0 Å². The summed E-state index contributed by atoms with van der Waals surface area (Å²) in [6.45, 7) is 7.10. The van der Waals surface area contributed by atoms with Crippen molar-refractivity contribution in [1.82, 2.24) is 0 Å². The van der Waals surface area contributed by atoms with E-state index in [4.69, 9.17) is 9.47 Å². The Morgan fingerprint density at radius 3 is 2.69 bits per heavy atom. The molecule has 0 aromatic carbocycles. The second kappa shape index (κ2) is 5.56. The van der Waals surface area contributed by atoms with Gasteiger partial charge < -0.3 is 19.4 Å². The summed E-state index contributed by atoms with van der Waals surface area (Å²) in [6.07, 6.45) is 0.706. The largest absolute Gasteiger partial charge is 0.462 e. The first kappa shape index (κ1) is 19.0. The van der Waals surface area contributed by atoms with Gasteiger partial charge in [0.05, 0.1) is 11.5 Å². The average molecular weight is 402 g/mol. The molecule has 2 saturated heterocycles. The summed E-state index contributed by atoms with van der Waals surface area (Å²) >= 11 is 0. The van der Waals surface area contributed by atoms with E-state index in [-0.39, 0.29) is 18.1 Å². The average Bonchev–Trinajstić information content (AvgIpc) is 2.78. The van der Waals surface area contributed by atoms with Crippen LogP contribution in [0.15, 0.2) is 12.2 Å². The van der Waals surface area contributed by atoms with Gasteiger partial charge in [0.25, 0.3) is 0 Å². The molecule has 4 bridgehead atoms. The van der Waals surface area contributed by atoms with Gasteiger partial charge in [0, 0.05) is 24.2 Å². The molecule has 9 atom stereocenters. The molecule has 0 radical (unpaired) electrons. The molecule has 0 aromatic rings. The second-order valence-electron chi connectivity index (χ2n) is 9.90. The van der Waals surface area contributed by atoms with Crippen LogP contribution in [0.25, 0.3) is 0 Å². The van der Waals surface area contributed by atoms with Crippen molar-refractivity contribution in [2.45, 2.75) is 64.3 Å². The molecule has 2 aliphatic heterocycles. The maximum absolute atomic E-state index is 13.5. The molecule has 7 nitrogen and oxygen atoms in total. The molecule has 0 amide bonds. The number of aldehydes is 1. The van der Waals surface area contributed by atoms with Crippen LogP contribution in [0.1, 0.15) is 46.0 Å². The van der Waals surface area contributed by atoms with E-state index in [0.29, 0.717) is 31.3 Å². The van der Waals surface area contributed by atoms with Gasteiger partial charge >= 0.3 is 11.9 Å². The number of carbonyl (C=O) groups is 4. The second-order valence-corrected chi connectivity index (χ2v) is 9.90. The third-order valence-electron chi connectivity index (χ3n) is 8.85. The monoisotopic (exact) mass is 402 g/mol. The van der Waals surface area contributed by atoms with Gasteiger partial charge in [-0.25, -0.2) is 0 Å². The Hall–Kier alpha value is -2.02. The number of rotatable bonds is 2. The first-order valence-corrected chi connectivity index (χ1v) is 10.4. The van der Waals surface area contributed by atoms with E-state index < -0.39 is 58.3 Å². The first-order chi connectivity index (χ1) is 13.6. The van der Waals surface area contributed by atoms with Crippen molar-refractivity contribution < 1.29 is 33.8 Å². The Balaban J connectivity index is 1.77. The Kier molecular flexibility index (Phi) is 3.64. The topological polar surface area (TPSA) is 107 Å². The molecule has 2 heterocycles. The number of aliphatic hydroxyl groups excluding tert-OH is 1. The van der Waals surface area contributed by atoms with Crippen LogP contribution in [-0.4, -0.2) is 47.4 Å².